The van der Waals surface area contributed by atoms with Crippen LogP contribution >= 0.6 is 0 Å². The minimum Gasteiger partial charge on any atom is -0.344 e. The molecule has 1 heterocycles. The number of halogens is 1. The van der Waals surface area contributed by atoms with Gasteiger partial charge in [0.15, 0.2) is 0 Å². The molecule has 0 aliphatic carbocycles. The van der Waals surface area contributed by atoms with Crippen molar-refractivity contribution >= 4 is 0 Å². The first-order valence-corrected chi connectivity index (χ1v) is 4.67. The van der Waals surface area contributed by atoms with Crippen LogP contribution in [0.5, 0.6) is 0 Å². The predicted octanol–water partition coefficient (Wildman–Crippen LogP) is 2.38. The van der Waals surface area contributed by atoms with Gasteiger partial charge in [0.1, 0.15) is 6.17 Å². The van der Waals surface area contributed by atoms with E-state index in [2.05, 4.69) is 18.7 Å². The zero-order valence-corrected chi connectivity index (χ0v) is 8.22. The van der Waals surface area contributed by atoms with Gasteiger partial charge in [-0.3, -0.25) is 4.90 Å². The van der Waals surface area contributed by atoms with Crippen molar-refractivity contribution < 1.29 is 4.39 Å². The Kier molecular flexibility index (Phi) is 5.42. The summed E-state index contributed by atoms with van der Waals surface area (Å²) in [5, 5.41) is 0. The van der Waals surface area contributed by atoms with Gasteiger partial charge in [-0.05, 0) is 32.4 Å². The van der Waals surface area contributed by atoms with Crippen molar-refractivity contribution in [3.05, 3.63) is 0 Å². The van der Waals surface area contributed by atoms with Crippen LogP contribution in [0.2, 0.25) is 0 Å². The fraction of sp³-hybridized carbons (Fsp3) is 1.00. The van der Waals surface area contributed by atoms with Crippen molar-refractivity contribution in [3.63, 3.8) is 0 Å². The van der Waals surface area contributed by atoms with Crippen LogP contribution in [-0.4, -0.2) is 30.2 Å². The van der Waals surface area contributed by atoms with Crippen molar-refractivity contribution in [3.8, 4) is 0 Å². The van der Waals surface area contributed by atoms with Crippen LogP contribution in [0.1, 0.15) is 33.1 Å². The smallest absolute Gasteiger partial charge is 0.116 e. The molecular weight excluding hydrogens is 155 g/mol. The van der Waals surface area contributed by atoms with Gasteiger partial charge in [-0.25, -0.2) is 4.39 Å². The van der Waals surface area contributed by atoms with Crippen molar-refractivity contribution in [1.29, 1.82) is 0 Å². The maximum atomic E-state index is 13.2. The van der Waals surface area contributed by atoms with Gasteiger partial charge >= 0.3 is 0 Å². The van der Waals surface area contributed by atoms with E-state index in [0.717, 1.165) is 32.4 Å². The summed E-state index contributed by atoms with van der Waals surface area (Å²) in [5.41, 5.74) is 0. The molecule has 74 valence electrons. The molecule has 0 amide bonds. The summed E-state index contributed by atoms with van der Waals surface area (Å²) < 4.78 is 13.2. The molecule has 0 aromatic rings. The highest BCUT2D eigenvalue weighted by Gasteiger charge is 2.28. The van der Waals surface area contributed by atoms with Crippen molar-refractivity contribution in [1.82, 2.24) is 11.1 Å². The van der Waals surface area contributed by atoms with Crippen LogP contribution < -0.4 is 6.15 Å². The molecule has 1 fully saturated rings. The monoisotopic (exact) mass is 176 g/mol. The van der Waals surface area contributed by atoms with E-state index in [-0.39, 0.29) is 12.2 Å². The number of alkyl halides is 1. The van der Waals surface area contributed by atoms with E-state index in [1.165, 1.54) is 0 Å². The van der Waals surface area contributed by atoms with Gasteiger partial charge in [0.2, 0.25) is 0 Å². The molecule has 12 heavy (non-hydrogen) atoms. The molecule has 2 unspecified atom stereocenters. The van der Waals surface area contributed by atoms with Crippen LogP contribution in [0.15, 0.2) is 0 Å². The third-order valence-electron chi connectivity index (χ3n) is 2.64. The highest BCUT2D eigenvalue weighted by molar-refractivity contribution is 4.82. The van der Waals surface area contributed by atoms with Crippen LogP contribution in [0, 0.1) is 0 Å². The Morgan fingerprint density at radius 3 is 2.50 bits per heavy atom. The van der Waals surface area contributed by atoms with Gasteiger partial charge in [0.25, 0.3) is 0 Å². The summed E-state index contributed by atoms with van der Waals surface area (Å²) in [6.07, 6.45) is 2.18. The highest BCUT2D eigenvalue weighted by atomic mass is 19.1. The van der Waals surface area contributed by atoms with Gasteiger partial charge in [0, 0.05) is 6.04 Å². The lowest BCUT2D eigenvalue weighted by Crippen LogP contribution is -2.45. The summed E-state index contributed by atoms with van der Waals surface area (Å²) in [6, 6.07) is 0.203. The molecule has 0 radical (unpaired) electrons. The van der Waals surface area contributed by atoms with E-state index in [4.69, 9.17) is 0 Å². The Morgan fingerprint density at radius 1 is 1.42 bits per heavy atom. The van der Waals surface area contributed by atoms with Crippen molar-refractivity contribution in [2.75, 3.05) is 13.1 Å². The molecule has 1 saturated heterocycles. The van der Waals surface area contributed by atoms with Gasteiger partial charge in [-0.2, -0.15) is 0 Å². The van der Waals surface area contributed by atoms with Crippen LogP contribution in [0.3, 0.4) is 0 Å². The van der Waals surface area contributed by atoms with Gasteiger partial charge in [-0.1, -0.05) is 13.8 Å². The molecular formula is C9H21FN2. The zero-order valence-electron chi connectivity index (χ0n) is 8.22. The second-order valence-corrected chi connectivity index (χ2v) is 3.26. The first kappa shape index (κ1) is 11.8. The van der Waals surface area contributed by atoms with Crippen LogP contribution in [0.25, 0.3) is 0 Å². The molecule has 0 bridgehead atoms. The SMILES string of the molecule is CCC1C(F)CCCN1CC.N. The van der Waals surface area contributed by atoms with Gasteiger partial charge < -0.3 is 6.15 Å². The largest absolute Gasteiger partial charge is 0.344 e. The number of piperidine rings is 1. The summed E-state index contributed by atoms with van der Waals surface area (Å²) in [4.78, 5) is 2.26. The van der Waals surface area contributed by atoms with E-state index in [9.17, 15) is 4.39 Å². The average molecular weight is 176 g/mol. The minimum absolute atomic E-state index is 0. The second-order valence-electron chi connectivity index (χ2n) is 3.26. The fourth-order valence-electron chi connectivity index (χ4n) is 1.98. The number of rotatable bonds is 2. The first-order chi connectivity index (χ1) is 5.29. The van der Waals surface area contributed by atoms with E-state index in [1.807, 2.05) is 0 Å². The zero-order chi connectivity index (χ0) is 8.27. The van der Waals surface area contributed by atoms with Crippen molar-refractivity contribution in [2.24, 2.45) is 0 Å². The molecule has 3 heteroatoms. The molecule has 1 rings (SSSR count). The summed E-state index contributed by atoms with van der Waals surface area (Å²) in [5.74, 6) is 0. The van der Waals surface area contributed by atoms with Crippen LogP contribution in [0.4, 0.5) is 4.39 Å². The lowest BCUT2D eigenvalue weighted by Gasteiger charge is -2.36. The van der Waals surface area contributed by atoms with Gasteiger partial charge in [-0.15, -0.1) is 0 Å². The Balaban J connectivity index is 0.00000121. The lowest BCUT2D eigenvalue weighted by molar-refractivity contribution is 0.0673. The molecule has 0 aromatic carbocycles. The molecule has 0 spiro atoms. The molecule has 2 nitrogen and oxygen atoms in total. The number of hydrogen-bond donors (Lipinski definition) is 1. The molecule has 0 saturated carbocycles. The van der Waals surface area contributed by atoms with E-state index in [1.54, 1.807) is 0 Å². The quantitative estimate of drug-likeness (QED) is 0.701. The number of nitrogens with zero attached hydrogens (tertiary/aromatic N) is 1. The summed E-state index contributed by atoms with van der Waals surface area (Å²) in [7, 11) is 0. The topological polar surface area (TPSA) is 38.2 Å². The highest BCUT2D eigenvalue weighted by Crippen LogP contribution is 2.22. The third-order valence-corrected chi connectivity index (χ3v) is 2.64. The third kappa shape index (κ3) is 2.42. The Bertz CT molecular complexity index is 119. The van der Waals surface area contributed by atoms with E-state index >= 15 is 0 Å². The fourth-order valence-corrected chi connectivity index (χ4v) is 1.98. The first-order valence-electron chi connectivity index (χ1n) is 4.67. The summed E-state index contributed by atoms with van der Waals surface area (Å²) >= 11 is 0. The minimum atomic E-state index is -0.575. The number of hydrogen-bond acceptors (Lipinski definition) is 2. The van der Waals surface area contributed by atoms with E-state index < -0.39 is 6.17 Å². The van der Waals surface area contributed by atoms with Crippen molar-refractivity contribution in [2.45, 2.75) is 45.3 Å². The molecule has 3 N–H and O–H groups in total. The second kappa shape index (κ2) is 5.49. The molecule has 1 aliphatic heterocycles. The maximum Gasteiger partial charge on any atom is 0.116 e. The normalized spacial score (nSPS) is 31.2. The van der Waals surface area contributed by atoms with Crippen LogP contribution in [-0.2, 0) is 0 Å². The Hall–Kier alpha value is -0.150. The molecule has 0 aromatic heterocycles. The Morgan fingerprint density at radius 2 is 2.08 bits per heavy atom. The van der Waals surface area contributed by atoms with E-state index in [0.29, 0.717) is 0 Å². The molecule has 2 atom stereocenters. The lowest BCUT2D eigenvalue weighted by atomic mass is 9.98. The standard InChI is InChI=1S/C9H18FN.H3N/c1-3-9-8(10)6-5-7-11(9)4-2;/h8-9H,3-7H2,1-2H3;1H3. The summed E-state index contributed by atoms with van der Waals surface area (Å²) in [6.45, 7) is 6.28. The Labute approximate surface area is 74.7 Å². The molecule has 1 aliphatic rings. The maximum absolute atomic E-state index is 13.2. The average Bonchev–Trinajstić information content (AvgIpc) is 2.04. The predicted molar refractivity (Wildman–Crippen MR) is 50.5 cm³/mol. The van der Waals surface area contributed by atoms with Gasteiger partial charge in [0.05, 0.1) is 0 Å². The number of likely N-dealkylation sites (tertiary alicyclic amines) is 1.